The quantitative estimate of drug-likeness (QED) is 0.148. The molecule has 9 nitrogen and oxygen atoms in total. The molecule has 0 radical (unpaired) electrons. The summed E-state index contributed by atoms with van der Waals surface area (Å²) >= 11 is 0. The molecule has 0 aliphatic heterocycles. The summed E-state index contributed by atoms with van der Waals surface area (Å²) < 4.78 is 21.2. The van der Waals surface area contributed by atoms with Crippen LogP contribution in [0.3, 0.4) is 0 Å². The lowest BCUT2D eigenvalue weighted by molar-refractivity contribution is -0.386. The molecule has 0 aromatic heterocycles. The third-order valence-corrected chi connectivity index (χ3v) is 4.33. The van der Waals surface area contributed by atoms with Gasteiger partial charge in [0.05, 0.1) is 10.5 Å². The van der Waals surface area contributed by atoms with Crippen molar-refractivity contribution in [3.05, 3.63) is 94.5 Å². The van der Waals surface area contributed by atoms with Crippen LogP contribution in [-0.4, -0.2) is 36.2 Å². The summed E-state index contributed by atoms with van der Waals surface area (Å²) in [6.45, 7) is 1.70. The van der Waals surface area contributed by atoms with Crippen LogP contribution in [-0.2, 0) is 9.53 Å². The fourth-order valence-electron chi connectivity index (χ4n) is 2.70. The van der Waals surface area contributed by atoms with Gasteiger partial charge in [-0.2, -0.15) is 0 Å². The van der Waals surface area contributed by atoms with Gasteiger partial charge >= 0.3 is 17.6 Å². The lowest BCUT2D eigenvalue weighted by Crippen LogP contribution is -2.28. The molecule has 0 N–H and O–H groups in total. The van der Waals surface area contributed by atoms with Crippen molar-refractivity contribution in [1.29, 1.82) is 0 Å². The van der Waals surface area contributed by atoms with Crippen LogP contribution in [0.2, 0.25) is 0 Å². The van der Waals surface area contributed by atoms with Gasteiger partial charge < -0.3 is 18.9 Å². The molecule has 0 heterocycles. The minimum Gasteiger partial charge on any atom is -0.490 e. The van der Waals surface area contributed by atoms with Crippen LogP contribution in [0.1, 0.15) is 17.3 Å². The standard InChI is InChI=1S/C24H21NO8/c1-17(32-22-10-6-5-9-21(22)25(28)29)23(26)33-20-13-11-18(12-14-20)24(27)31-16-15-30-19-7-3-2-4-8-19/h2-14,17H,15-16H2,1H3. The number of benzene rings is 3. The van der Waals surface area contributed by atoms with Crippen molar-refractivity contribution in [1.82, 2.24) is 0 Å². The molecule has 0 aliphatic carbocycles. The fourth-order valence-corrected chi connectivity index (χ4v) is 2.70. The SMILES string of the molecule is CC(Oc1ccccc1[N+](=O)[O-])C(=O)Oc1ccc(C(=O)OCCOc2ccccc2)cc1. The molecule has 170 valence electrons. The van der Waals surface area contributed by atoms with Gasteiger partial charge in [0.25, 0.3) is 0 Å². The number of hydrogen-bond acceptors (Lipinski definition) is 8. The number of esters is 2. The average molecular weight is 451 g/mol. The molecule has 3 aromatic rings. The van der Waals surface area contributed by atoms with Gasteiger partial charge in [0.15, 0.2) is 11.9 Å². The maximum Gasteiger partial charge on any atom is 0.352 e. The number of nitro groups is 1. The zero-order valence-electron chi connectivity index (χ0n) is 17.7. The van der Waals surface area contributed by atoms with Crippen molar-refractivity contribution in [2.45, 2.75) is 13.0 Å². The Labute approximate surface area is 189 Å². The van der Waals surface area contributed by atoms with Gasteiger partial charge in [-0.3, -0.25) is 10.1 Å². The van der Waals surface area contributed by atoms with Crippen LogP contribution in [0.4, 0.5) is 5.69 Å². The van der Waals surface area contributed by atoms with E-state index in [1.165, 1.54) is 49.4 Å². The van der Waals surface area contributed by atoms with Crippen molar-refractivity contribution in [3.8, 4) is 17.2 Å². The highest BCUT2D eigenvalue weighted by atomic mass is 16.6. The number of ether oxygens (including phenoxy) is 4. The Bertz CT molecular complexity index is 1100. The van der Waals surface area contributed by atoms with E-state index in [0.29, 0.717) is 5.75 Å². The van der Waals surface area contributed by atoms with E-state index < -0.39 is 23.0 Å². The maximum absolute atomic E-state index is 12.3. The monoisotopic (exact) mass is 451 g/mol. The number of hydrogen-bond donors (Lipinski definition) is 0. The van der Waals surface area contributed by atoms with Gasteiger partial charge in [-0.1, -0.05) is 30.3 Å². The molecular formula is C24H21NO8. The van der Waals surface area contributed by atoms with Crippen molar-refractivity contribution in [3.63, 3.8) is 0 Å². The lowest BCUT2D eigenvalue weighted by atomic mass is 10.2. The highest BCUT2D eigenvalue weighted by molar-refractivity contribution is 5.89. The second-order valence-electron chi connectivity index (χ2n) is 6.73. The van der Waals surface area contributed by atoms with Crippen LogP contribution in [0.15, 0.2) is 78.9 Å². The van der Waals surface area contributed by atoms with Crippen LogP contribution in [0.5, 0.6) is 17.2 Å². The second-order valence-corrected chi connectivity index (χ2v) is 6.73. The molecule has 9 heteroatoms. The van der Waals surface area contributed by atoms with Crippen LogP contribution in [0.25, 0.3) is 0 Å². The maximum atomic E-state index is 12.3. The largest absolute Gasteiger partial charge is 0.490 e. The topological polar surface area (TPSA) is 114 Å². The molecule has 0 amide bonds. The second kappa shape index (κ2) is 11.3. The Balaban J connectivity index is 1.47. The van der Waals surface area contributed by atoms with Gasteiger partial charge in [-0.05, 0) is 49.4 Å². The van der Waals surface area contributed by atoms with E-state index in [0.717, 1.165) is 0 Å². The molecule has 0 fully saturated rings. The minimum absolute atomic E-state index is 0.0405. The third kappa shape index (κ3) is 6.79. The fraction of sp³-hybridized carbons (Fsp3) is 0.167. The molecule has 0 spiro atoms. The molecule has 0 saturated carbocycles. The summed E-state index contributed by atoms with van der Waals surface area (Å²) in [6.07, 6.45) is -1.10. The predicted octanol–water partition coefficient (Wildman–Crippen LogP) is 4.20. The number of para-hydroxylation sites is 3. The number of nitrogens with zero attached hydrogens (tertiary/aromatic N) is 1. The smallest absolute Gasteiger partial charge is 0.352 e. The van der Waals surface area contributed by atoms with E-state index in [2.05, 4.69) is 0 Å². The Morgan fingerprint density at radius 2 is 1.55 bits per heavy atom. The molecule has 3 aromatic carbocycles. The van der Waals surface area contributed by atoms with Gasteiger partial charge in [0.1, 0.15) is 24.7 Å². The first kappa shape index (κ1) is 23.3. The van der Waals surface area contributed by atoms with Crippen molar-refractivity contribution in [2.75, 3.05) is 13.2 Å². The molecular weight excluding hydrogens is 430 g/mol. The van der Waals surface area contributed by atoms with Gasteiger partial charge in [-0.25, -0.2) is 9.59 Å². The highest BCUT2D eigenvalue weighted by Crippen LogP contribution is 2.27. The number of nitro benzene ring substituents is 1. The van der Waals surface area contributed by atoms with Crippen molar-refractivity contribution in [2.24, 2.45) is 0 Å². The van der Waals surface area contributed by atoms with Gasteiger partial charge in [0.2, 0.25) is 0 Å². The Hall–Kier alpha value is -4.40. The van der Waals surface area contributed by atoms with Crippen LogP contribution in [0, 0.1) is 10.1 Å². The first-order valence-electron chi connectivity index (χ1n) is 10.0. The summed E-state index contributed by atoms with van der Waals surface area (Å²) in [7, 11) is 0. The zero-order chi connectivity index (χ0) is 23.6. The number of rotatable bonds is 10. The lowest BCUT2D eigenvalue weighted by Gasteiger charge is -2.14. The molecule has 33 heavy (non-hydrogen) atoms. The van der Waals surface area contributed by atoms with E-state index >= 15 is 0 Å². The molecule has 1 atom stereocenters. The van der Waals surface area contributed by atoms with E-state index in [4.69, 9.17) is 18.9 Å². The predicted molar refractivity (Wildman–Crippen MR) is 117 cm³/mol. The minimum atomic E-state index is -1.10. The van der Waals surface area contributed by atoms with Gasteiger partial charge in [0, 0.05) is 6.07 Å². The van der Waals surface area contributed by atoms with E-state index in [1.54, 1.807) is 18.2 Å². The van der Waals surface area contributed by atoms with E-state index in [-0.39, 0.29) is 36.0 Å². The third-order valence-electron chi connectivity index (χ3n) is 4.33. The van der Waals surface area contributed by atoms with Crippen molar-refractivity contribution >= 4 is 17.6 Å². The molecule has 0 aliphatic rings. The van der Waals surface area contributed by atoms with E-state index in [9.17, 15) is 19.7 Å². The van der Waals surface area contributed by atoms with Crippen molar-refractivity contribution < 1.29 is 33.5 Å². The first-order chi connectivity index (χ1) is 15.9. The summed E-state index contributed by atoms with van der Waals surface area (Å²) in [5.41, 5.74) is 0.0212. The molecule has 1 unspecified atom stereocenters. The highest BCUT2D eigenvalue weighted by Gasteiger charge is 2.22. The van der Waals surface area contributed by atoms with Gasteiger partial charge in [-0.15, -0.1) is 0 Å². The molecule has 0 saturated heterocycles. The average Bonchev–Trinajstić information content (AvgIpc) is 2.83. The zero-order valence-corrected chi connectivity index (χ0v) is 17.7. The Morgan fingerprint density at radius 3 is 2.24 bits per heavy atom. The number of carbonyl (C=O) groups excluding carboxylic acids is 2. The summed E-state index contributed by atoms with van der Waals surface area (Å²) in [5, 5.41) is 11.1. The number of carbonyl (C=O) groups is 2. The summed E-state index contributed by atoms with van der Waals surface area (Å²) in [6, 6.07) is 20.7. The Kier molecular flexibility index (Phi) is 7.96. The molecule has 3 rings (SSSR count). The molecule has 0 bridgehead atoms. The van der Waals surface area contributed by atoms with Crippen LogP contribution < -0.4 is 14.2 Å². The Morgan fingerprint density at radius 1 is 0.879 bits per heavy atom. The first-order valence-corrected chi connectivity index (χ1v) is 10.0. The normalized spacial score (nSPS) is 11.2. The van der Waals surface area contributed by atoms with E-state index in [1.807, 2.05) is 18.2 Å². The summed E-state index contributed by atoms with van der Waals surface area (Å²) in [4.78, 5) is 34.9. The summed E-state index contributed by atoms with van der Waals surface area (Å²) in [5.74, 6) is -0.470. The van der Waals surface area contributed by atoms with Crippen LogP contribution >= 0.6 is 0 Å².